The highest BCUT2D eigenvalue weighted by Gasteiger charge is 2.41. The van der Waals surface area contributed by atoms with Crippen molar-refractivity contribution in [2.75, 3.05) is 4.90 Å². The largest absolute Gasteiger partial charge is 0.416 e. The quantitative estimate of drug-likeness (QED) is 0.142. The van der Waals surface area contributed by atoms with Crippen LogP contribution in [-0.2, 0) is 24.2 Å². The van der Waals surface area contributed by atoms with Crippen LogP contribution in [0.5, 0.6) is 0 Å². The summed E-state index contributed by atoms with van der Waals surface area (Å²) in [5, 5.41) is 1.82. The number of hydrogen-bond donors (Lipinski definition) is 0. The maximum absolute atomic E-state index is 14.3. The van der Waals surface area contributed by atoms with Gasteiger partial charge in [-0.1, -0.05) is 109 Å². The fourth-order valence-corrected chi connectivity index (χ4v) is 10.6. The molecule has 2 atom stereocenters. The van der Waals surface area contributed by atoms with Crippen LogP contribution in [0, 0.1) is 12.8 Å². The van der Waals surface area contributed by atoms with Crippen molar-refractivity contribution in [2.45, 2.75) is 50.6 Å². The van der Waals surface area contributed by atoms with Gasteiger partial charge in [0.2, 0.25) is 0 Å². The lowest BCUT2D eigenvalue weighted by Crippen LogP contribution is -2.27. The van der Waals surface area contributed by atoms with Crippen LogP contribution in [-0.4, -0.2) is 30.3 Å². The van der Waals surface area contributed by atoms with E-state index in [2.05, 4.69) is 0 Å². The normalized spacial score (nSPS) is 16.8. The highest BCUT2D eigenvalue weighted by molar-refractivity contribution is 6.09. The summed E-state index contributed by atoms with van der Waals surface area (Å²) < 4.78 is 131. The summed E-state index contributed by atoms with van der Waals surface area (Å²) in [7, 11) is 0. The van der Waals surface area contributed by atoms with Crippen molar-refractivity contribution in [1.82, 2.24) is 24.1 Å². The molecule has 0 bridgehead atoms. The second-order valence-corrected chi connectivity index (χ2v) is 19.7. The van der Waals surface area contributed by atoms with Crippen molar-refractivity contribution in [1.29, 1.82) is 0 Å². The molecule has 0 N–H and O–H groups in total. The Balaban J connectivity index is 0.982. The third-order valence-corrected chi connectivity index (χ3v) is 14.6. The summed E-state index contributed by atoms with van der Waals surface area (Å²) >= 11 is 0. The van der Waals surface area contributed by atoms with Crippen LogP contribution >= 0.6 is 0 Å². The second kappa shape index (κ2) is 18.2. The first-order valence-electron chi connectivity index (χ1n) is 24.7. The lowest BCUT2D eigenvalue weighted by atomic mass is 9.81. The average molecular weight is 1040 g/mol. The van der Waals surface area contributed by atoms with E-state index in [9.17, 15) is 39.5 Å². The zero-order chi connectivity index (χ0) is 53.6. The Kier molecular flexibility index (Phi) is 11.7. The molecular weight excluding hydrogens is 1000 g/mol. The molecule has 0 aliphatic heterocycles. The van der Waals surface area contributed by atoms with E-state index in [1.807, 2.05) is 145 Å². The van der Waals surface area contributed by atoms with Crippen molar-refractivity contribution in [3.8, 4) is 34.2 Å². The number of halogens is 9. The molecular formula is C62H43F9N6. The van der Waals surface area contributed by atoms with Crippen LogP contribution in [0.25, 0.3) is 72.9 Å². The zero-order valence-electron chi connectivity index (χ0n) is 41.1. The molecule has 0 spiro atoms. The smallest absolute Gasteiger partial charge is 0.313 e. The number of alkyl halides is 9. The molecule has 3 aromatic heterocycles. The zero-order valence-corrected chi connectivity index (χ0v) is 41.1. The Morgan fingerprint density at radius 1 is 0.545 bits per heavy atom. The fourth-order valence-electron chi connectivity index (χ4n) is 10.6. The molecule has 6 nitrogen and oxygen atoms in total. The van der Waals surface area contributed by atoms with Gasteiger partial charge in [-0.25, -0.2) is 15.0 Å². The summed E-state index contributed by atoms with van der Waals surface area (Å²) in [5.41, 5.74) is 4.84. The lowest BCUT2D eigenvalue weighted by molar-refractivity contribution is -0.161. The summed E-state index contributed by atoms with van der Waals surface area (Å²) in [6, 6.07) is 46.2. The first-order chi connectivity index (χ1) is 36.8. The van der Waals surface area contributed by atoms with Crippen LogP contribution in [0.3, 0.4) is 0 Å². The highest BCUT2D eigenvalue weighted by atomic mass is 19.4. The van der Waals surface area contributed by atoms with Gasteiger partial charge in [-0.05, 0) is 111 Å². The van der Waals surface area contributed by atoms with Gasteiger partial charge >= 0.3 is 18.5 Å². The molecule has 3 heterocycles. The number of rotatable bonds is 8. The minimum absolute atomic E-state index is 0.112. The Labute approximate surface area is 435 Å². The van der Waals surface area contributed by atoms with Crippen LogP contribution < -0.4 is 4.90 Å². The molecule has 0 saturated heterocycles. The molecule has 15 heteroatoms. The van der Waals surface area contributed by atoms with Gasteiger partial charge in [0.1, 0.15) is 5.82 Å². The molecule has 10 aromatic rings. The molecule has 0 saturated carbocycles. The number of benzene rings is 7. The third-order valence-electron chi connectivity index (χ3n) is 14.6. The molecule has 77 heavy (non-hydrogen) atoms. The number of nitrogens with zero attached hydrogens (tertiary/aromatic N) is 6. The predicted octanol–water partition coefficient (Wildman–Crippen LogP) is 17.3. The molecule has 384 valence electrons. The maximum atomic E-state index is 14.3. The van der Waals surface area contributed by atoms with E-state index < -0.39 is 47.4 Å². The van der Waals surface area contributed by atoms with E-state index >= 15 is 0 Å². The van der Waals surface area contributed by atoms with Gasteiger partial charge in [-0.2, -0.15) is 39.5 Å². The Morgan fingerprint density at radius 2 is 1.05 bits per heavy atom. The van der Waals surface area contributed by atoms with E-state index in [0.29, 0.717) is 74.2 Å². The first-order valence-corrected chi connectivity index (χ1v) is 24.7. The lowest BCUT2D eigenvalue weighted by Gasteiger charge is -2.32. The van der Waals surface area contributed by atoms with E-state index in [1.54, 1.807) is 24.3 Å². The minimum Gasteiger partial charge on any atom is -0.313 e. The second-order valence-electron chi connectivity index (χ2n) is 19.7. The van der Waals surface area contributed by atoms with Crippen molar-refractivity contribution in [3.63, 3.8) is 0 Å². The van der Waals surface area contributed by atoms with E-state index in [-0.39, 0.29) is 11.2 Å². The summed E-state index contributed by atoms with van der Waals surface area (Å²) in [5.74, 6) is -0.306. The molecule has 0 radical (unpaired) electrons. The number of allylic oxidation sites excluding steroid dienone is 4. The predicted molar refractivity (Wildman–Crippen MR) is 283 cm³/mol. The van der Waals surface area contributed by atoms with E-state index in [4.69, 9.17) is 15.0 Å². The van der Waals surface area contributed by atoms with Gasteiger partial charge in [-0.3, -0.25) is 0 Å². The van der Waals surface area contributed by atoms with Gasteiger partial charge in [-0.15, -0.1) is 0 Å². The summed E-state index contributed by atoms with van der Waals surface area (Å²) in [4.78, 5) is 16.9. The average Bonchev–Trinajstić information content (AvgIpc) is 3.97. The van der Waals surface area contributed by atoms with E-state index in [0.717, 1.165) is 57.9 Å². The number of aryl methyl sites for hydroxylation is 1. The number of anilines is 2. The van der Waals surface area contributed by atoms with Gasteiger partial charge in [0, 0.05) is 78.8 Å². The topological polar surface area (TPSA) is 51.8 Å². The van der Waals surface area contributed by atoms with E-state index in [1.165, 1.54) is 22.8 Å². The molecule has 12 rings (SSSR count). The number of fused-ring (bicyclic) bond motifs is 6. The molecule has 0 amide bonds. The van der Waals surface area contributed by atoms with Gasteiger partial charge in [0.05, 0.1) is 33.6 Å². The molecule has 7 aromatic carbocycles. The fraction of sp³-hybridized carbons (Fsp3) is 0.145. The Bertz CT molecular complexity index is 3960. The summed E-state index contributed by atoms with van der Waals surface area (Å²) in [6.45, 7) is 3.95. The number of hydrogen-bond acceptors (Lipinski definition) is 4. The van der Waals surface area contributed by atoms with Crippen molar-refractivity contribution in [2.24, 2.45) is 5.92 Å². The molecule has 2 unspecified atom stereocenters. The van der Waals surface area contributed by atoms with Gasteiger partial charge in [0.15, 0.2) is 11.6 Å². The number of aromatic nitrogens is 5. The molecule has 2 aliphatic rings. The van der Waals surface area contributed by atoms with Crippen molar-refractivity contribution >= 4 is 50.2 Å². The third kappa shape index (κ3) is 8.92. The standard InChI is InChI=1S/C62H43F9N6/c1-37-13-25-48-49-26-14-40(60(63,64)65)34-53(49)76(52(48)33-37)45-21-17-43(18-22-45)75(47-29-31-59(2,32-30-47)58-73-56(38-9-5-3-6-10-38)72-57(74-58)39-11-7-4-8-12-39)44-19-23-46(24-20-44)77-54-35-41(61(66,67)68)15-27-50(54)51-28-16-42(36-55(51)77)62(69,70)71/h3-31,33-35,42H,32,36H2,1-2H3. The van der Waals surface area contributed by atoms with Crippen LogP contribution in [0.4, 0.5) is 50.9 Å². The maximum Gasteiger partial charge on any atom is 0.416 e. The summed E-state index contributed by atoms with van der Waals surface area (Å²) in [6.07, 6.45) is -5.53. The van der Waals surface area contributed by atoms with Crippen LogP contribution in [0.15, 0.2) is 194 Å². The monoisotopic (exact) mass is 1040 g/mol. The Morgan fingerprint density at radius 3 is 1.57 bits per heavy atom. The van der Waals surface area contributed by atoms with Crippen molar-refractivity contribution < 1.29 is 39.5 Å². The van der Waals surface area contributed by atoms with Crippen LogP contribution in [0.2, 0.25) is 0 Å². The van der Waals surface area contributed by atoms with Crippen LogP contribution in [0.1, 0.15) is 47.1 Å². The van der Waals surface area contributed by atoms with Gasteiger partial charge < -0.3 is 14.0 Å². The SMILES string of the molecule is Cc1ccc2c3ccc(C(F)(F)F)cc3n(-c3ccc(N(C4=CCC(C)(c5nc(-c6ccccc6)nc(-c6ccccc6)n5)C=C4)c4ccc(-n5c6c(c7ccc(C(F)(F)F)cc75)C=CC(C(F)(F)F)C6)cc4)cc3)c2c1. The molecule has 2 aliphatic carbocycles. The van der Waals surface area contributed by atoms with Gasteiger partial charge in [0.25, 0.3) is 0 Å². The highest BCUT2D eigenvalue weighted by Crippen LogP contribution is 2.45. The first kappa shape index (κ1) is 49.2. The molecule has 0 fully saturated rings. The minimum atomic E-state index is -4.71. The van der Waals surface area contributed by atoms with Crippen molar-refractivity contribution in [3.05, 3.63) is 228 Å². The Hall–Kier alpha value is -8.72.